The van der Waals surface area contributed by atoms with Crippen LogP contribution in [0.25, 0.3) is 116 Å². The highest BCUT2D eigenvalue weighted by atomic mass is 15.0. The molecule has 10 aromatic carbocycles. The molecule has 0 saturated heterocycles. The van der Waals surface area contributed by atoms with Crippen LogP contribution in [-0.4, -0.2) is 14.5 Å². The zero-order valence-electron chi connectivity index (χ0n) is 35.2. The van der Waals surface area contributed by atoms with Gasteiger partial charge in [-0.3, -0.25) is 0 Å². The van der Waals surface area contributed by atoms with Gasteiger partial charge in [0.25, 0.3) is 0 Å². The lowest BCUT2D eigenvalue weighted by Gasteiger charge is -2.19. The molecule has 12 rings (SSSR count). The predicted molar refractivity (Wildman–Crippen MR) is 269 cm³/mol. The van der Waals surface area contributed by atoms with Gasteiger partial charge in [-0.25, -0.2) is 9.97 Å². The third-order valence-corrected chi connectivity index (χ3v) is 12.6. The molecule has 12 aromatic rings. The fraction of sp³-hybridized carbons (Fsp3) is 0. The molecule has 0 aliphatic rings. The number of nitriles is 1. The summed E-state index contributed by atoms with van der Waals surface area (Å²) >= 11 is 0. The Morgan fingerprint density at radius 1 is 0.323 bits per heavy atom. The second-order valence-electron chi connectivity index (χ2n) is 16.4. The summed E-state index contributed by atoms with van der Waals surface area (Å²) in [5.41, 5.74) is 15.4. The lowest BCUT2D eigenvalue weighted by atomic mass is 9.84. The van der Waals surface area contributed by atoms with Gasteiger partial charge in [0.15, 0.2) is 5.82 Å². The highest BCUT2D eigenvalue weighted by molar-refractivity contribution is 6.22. The number of hydrogen-bond acceptors (Lipinski definition) is 3. The van der Waals surface area contributed by atoms with Gasteiger partial charge in [-0.05, 0) is 103 Å². The van der Waals surface area contributed by atoms with Crippen LogP contribution >= 0.6 is 0 Å². The molecule has 0 atom stereocenters. The smallest absolute Gasteiger partial charge is 0.160 e. The van der Waals surface area contributed by atoms with Crippen molar-refractivity contribution in [3.63, 3.8) is 0 Å². The molecule has 65 heavy (non-hydrogen) atoms. The second kappa shape index (κ2) is 15.8. The fourth-order valence-electron chi connectivity index (χ4n) is 9.59. The van der Waals surface area contributed by atoms with Crippen LogP contribution in [0.5, 0.6) is 0 Å². The average Bonchev–Trinajstić information content (AvgIpc) is 3.71. The average molecular weight is 827 g/mol. The molecular formula is C61H38N4. The summed E-state index contributed by atoms with van der Waals surface area (Å²) in [5.74, 6) is 0.676. The van der Waals surface area contributed by atoms with E-state index in [1.807, 2.05) is 30.3 Å². The van der Waals surface area contributed by atoms with Crippen LogP contribution in [-0.2, 0) is 0 Å². The maximum absolute atomic E-state index is 9.88. The lowest BCUT2D eigenvalue weighted by Crippen LogP contribution is -1.97. The summed E-state index contributed by atoms with van der Waals surface area (Å²) in [6, 6.07) is 83.5. The maximum atomic E-state index is 9.88. The Labute approximate surface area is 376 Å². The first-order valence-corrected chi connectivity index (χ1v) is 21.9. The van der Waals surface area contributed by atoms with E-state index in [4.69, 9.17) is 9.97 Å². The molecule has 0 bridgehead atoms. The first-order chi connectivity index (χ1) is 32.2. The van der Waals surface area contributed by atoms with Crippen molar-refractivity contribution in [3.8, 4) is 79.0 Å². The van der Waals surface area contributed by atoms with Crippen LogP contribution in [0.15, 0.2) is 231 Å². The van der Waals surface area contributed by atoms with Crippen molar-refractivity contribution in [1.82, 2.24) is 14.5 Å². The van der Waals surface area contributed by atoms with E-state index in [-0.39, 0.29) is 0 Å². The van der Waals surface area contributed by atoms with Crippen molar-refractivity contribution >= 4 is 43.4 Å². The van der Waals surface area contributed by atoms with Crippen LogP contribution < -0.4 is 0 Å². The second-order valence-corrected chi connectivity index (χ2v) is 16.4. The summed E-state index contributed by atoms with van der Waals surface area (Å²) in [6.45, 7) is 0. The Balaban J connectivity index is 1.11. The van der Waals surface area contributed by atoms with Gasteiger partial charge in [-0.1, -0.05) is 182 Å². The Morgan fingerprint density at radius 3 is 1.26 bits per heavy atom. The van der Waals surface area contributed by atoms with E-state index in [0.29, 0.717) is 11.4 Å². The molecular weight excluding hydrogens is 789 g/mol. The molecule has 0 saturated carbocycles. The van der Waals surface area contributed by atoms with Gasteiger partial charge in [0, 0.05) is 33.2 Å². The molecule has 0 radical (unpaired) electrons. The molecule has 0 unspecified atom stereocenters. The Morgan fingerprint density at radius 2 is 0.738 bits per heavy atom. The molecule has 2 aromatic heterocycles. The molecule has 4 nitrogen and oxygen atoms in total. The van der Waals surface area contributed by atoms with Gasteiger partial charge in [0.1, 0.15) is 0 Å². The van der Waals surface area contributed by atoms with Crippen LogP contribution in [0.3, 0.4) is 0 Å². The summed E-state index contributed by atoms with van der Waals surface area (Å²) in [6.07, 6.45) is 0. The molecule has 4 heteroatoms. The minimum Gasteiger partial charge on any atom is -0.309 e. The fourth-order valence-corrected chi connectivity index (χ4v) is 9.59. The zero-order valence-corrected chi connectivity index (χ0v) is 35.2. The maximum Gasteiger partial charge on any atom is 0.160 e. The number of para-hydroxylation sites is 1. The van der Waals surface area contributed by atoms with Crippen LogP contribution in [0, 0.1) is 11.3 Å². The number of aromatic nitrogens is 3. The molecule has 0 spiro atoms. The predicted octanol–water partition coefficient (Wildman–Crippen LogP) is 15.8. The highest BCUT2D eigenvalue weighted by Gasteiger charge is 2.21. The quantitative estimate of drug-likeness (QED) is 0.150. The van der Waals surface area contributed by atoms with Crippen LogP contribution in [0.4, 0.5) is 0 Å². The van der Waals surface area contributed by atoms with Crippen molar-refractivity contribution in [2.45, 2.75) is 0 Å². The first-order valence-electron chi connectivity index (χ1n) is 21.9. The molecule has 0 amide bonds. The summed E-state index contributed by atoms with van der Waals surface area (Å²) < 4.78 is 2.28. The van der Waals surface area contributed by atoms with Crippen molar-refractivity contribution in [3.05, 3.63) is 236 Å². The molecule has 2 heterocycles. The number of nitrogens with zero attached hydrogens (tertiary/aromatic N) is 4. The van der Waals surface area contributed by atoms with E-state index in [9.17, 15) is 5.26 Å². The SMILES string of the molecule is N#Cc1ccc2c3ccc(-c4ccc5c(-c6ccccc6)c6cc(-c7nc(-c8ccccc8)cc(-c8ccccc8)n7)ccc6c(-c6ccccc6)c5c4)cc3n(-c3ccccc3)c2c1. The van der Waals surface area contributed by atoms with Crippen molar-refractivity contribution in [1.29, 1.82) is 5.26 Å². The van der Waals surface area contributed by atoms with Gasteiger partial charge in [0.2, 0.25) is 0 Å². The van der Waals surface area contributed by atoms with Gasteiger partial charge >= 0.3 is 0 Å². The van der Waals surface area contributed by atoms with E-state index in [0.717, 1.165) is 94.0 Å². The highest BCUT2D eigenvalue weighted by Crippen LogP contribution is 2.46. The van der Waals surface area contributed by atoms with E-state index in [1.54, 1.807) is 0 Å². The number of benzene rings is 10. The molecule has 0 aliphatic carbocycles. The number of rotatable bonds is 7. The van der Waals surface area contributed by atoms with E-state index in [2.05, 4.69) is 211 Å². The molecule has 0 aliphatic heterocycles. The number of fused-ring (bicyclic) bond motifs is 5. The van der Waals surface area contributed by atoms with E-state index >= 15 is 0 Å². The van der Waals surface area contributed by atoms with Crippen LogP contribution in [0.1, 0.15) is 5.56 Å². The monoisotopic (exact) mass is 826 g/mol. The topological polar surface area (TPSA) is 54.5 Å². The van der Waals surface area contributed by atoms with E-state index in [1.165, 1.54) is 16.5 Å². The summed E-state index contributed by atoms with van der Waals surface area (Å²) in [4.78, 5) is 10.5. The first kappa shape index (κ1) is 37.8. The standard InChI is InChI=1S/C61H38N4/c62-39-40-26-30-49-50-31-27-46(37-58(50)65(57(49)34-40)48-24-14-5-15-25-48)45-28-32-51-53(35-45)59(43-20-10-3-11-21-43)52-33-29-47(36-54(52)60(51)44-22-12-4-13-23-44)61-63-55(41-16-6-1-7-17-41)38-56(64-61)42-18-8-2-9-19-42/h1-38H. The summed E-state index contributed by atoms with van der Waals surface area (Å²) in [5, 5.41) is 16.8. The van der Waals surface area contributed by atoms with Crippen LogP contribution in [0.2, 0.25) is 0 Å². The van der Waals surface area contributed by atoms with Crippen molar-refractivity contribution in [2.24, 2.45) is 0 Å². The number of hydrogen-bond donors (Lipinski definition) is 0. The Kier molecular flexibility index (Phi) is 9.18. The largest absolute Gasteiger partial charge is 0.309 e. The molecule has 0 N–H and O–H groups in total. The van der Waals surface area contributed by atoms with Crippen molar-refractivity contribution < 1.29 is 0 Å². The third kappa shape index (κ3) is 6.63. The molecule has 302 valence electrons. The zero-order chi connectivity index (χ0) is 43.3. The normalized spacial score (nSPS) is 11.4. The van der Waals surface area contributed by atoms with E-state index < -0.39 is 0 Å². The van der Waals surface area contributed by atoms with Gasteiger partial charge in [-0.2, -0.15) is 5.26 Å². The summed E-state index contributed by atoms with van der Waals surface area (Å²) in [7, 11) is 0. The minimum atomic E-state index is 0.638. The Bertz CT molecular complexity index is 3740. The third-order valence-electron chi connectivity index (χ3n) is 12.6. The van der Waals surface area contributed by atoms with Gasteiger partial charge in [-0.15, -0.1) is 0 Å². The molecule has 0 fully saturated rings. The van der Waals surface area contributed by atoms with Gasteiger partial charge < -0.3 is 4.57 Å². The minimum absolute atomic E-state index is 0.638. The lowest BCUT2D eigenvalue weighted by molar-refractivity contribution is 1.18. The Hall–Kier alpha value is -8.91. The van der Waals surface area contributed by atoms with Gasteiger partial charge in [0.05, 0.1) is 34.1 Å². The van der Waals surface area contributed by atoms with Crippen molar-refractivity contribution in [2.75, 3.05) is 0 Å².